The molecule has 0 fully saturated rings. The third-order valence-corrected chi connectivity index (χ3v) is 5.61. The monoisotopic (exact) mass is 439 g/mol. The number of allylic oxidation sites excluding steroid dienone is 1. The molecule has 1 aromatic heterocycles. The quantitative estimate of drug-likeness (QED) is 0.552. The molecule has 1 atom stereocenters. The number of hydrogen-bond donors (Lipinski definition) is 2. The minimum absolute atomic E-state index is 0.310. The SMILES string of the molecule is CCSc1nc2n(n1)[C@@H](c1ccc(F)cc1)C(C(=O)Nc1ccccc1OC)=C(C)N2. The first-order valence-electron chi connectivity index (χ1n) is 9.78. The Morgan fingerprint density at radius 2 is 2.00 bits per heavy atom. The number of nitrogens with one attached hydrogen (secondary N) is 2. The zero-order valence-corrected chi connectivity index (χ0v) is 18.2. The summed E-state index contributed by atoms with van der Waals surface area (Å²) in [5.41, 5.74) is 2.39. The molecule has 2 aromatic carbocycles. The highest BCUT2D eigenvalue weighted by atomic mass is 32.2. The highest BCUT2D eigenvalue weighted by Gasteiger charge is 2.34. The minimum atomic E-state index is -0.565. The number of halogens is 1. The second-order valence-corrected chi connectivity index (χ2v) is 8.10. The van der Waals surface area contributed by atoms with E-state index in [2.05, 4.69) is 20.7 Å². The molecular weight excluding hydrogens is 417 g/mol. The molecule has 0 saturated heterocycles. The summed E-state index contributed by atoms with van der Waals surface area (Å²) in [6, 6.07) is 12.7. The van der Waals surface area contributed by atoms with Crippen molar-refractivity contribution in [1.82, 2.24) is 14.8 Å². The third kappa shape index (κ3) is 4.13. The summed E-state index contributed by atoms with van der Waals surface area (Å²) >= 11 is 1.51. The van der Waals surface area contributed by atoms with E-state index in [9.17, 15) is 9.18 Å². The predicted molar refractivity (Wildman–Crippen MR) is 119 cm³/mol. The van der Waals surface area contributed by atoms with Gasteiger partial charge in [0.05, 0.1) is 18.4 Å². The number of amides is 1. The maximum Gasteiger partial charge on any atom is 0.255 e. The Hall–Kier alpha value is -3.33. The average molecular weight is 440 g/mol. The van der Waals surface area contributed by atoms with Gasteiger partial charge in [0.15, 0.2) is 0 Å². The molecule has 0 radical (unpaired) electrons. The van der Waals surface area contributed by atoms with E-state index in [1.165, 1.54) is 23.9 Å². The molecule has 2 N–H and O–H groups in total. The van der Waals surface area contributed by atoms with Crippen molar-refractivity contribution in [3.05, 3.63) is 71.2 Å². The van der Waals surface area contributed by atoms with Gasteiger partial charge in [-0.3, -0.25) is 4.79 Å². The van der Waals surface area contributed by atoms with Crippen molar-refractivity contribution in [2.75, 3.05) is 23.5 Å². The van der Waals surface area contributed by atoms with Crippen molar-refractivity contribution in [2.45, 2.75) is 25.0 Å². The molecule has 7 nitrogen and oxygen atoms in total. The highest BCUT2D eigenvalue weighted by molar-refractivity contribution is 7.99. The number of aromatic nitrogens is 3. The zero-order valence-electron chi connectivity index (χ0n) is 17.3. The van der Waals surface area contributed by atoms with Gasteiger partial charge >= 0.3 is 0 Å². The summed E-state index contributed by atoms with van der Waals surface area (Å²) < 4.78 is 20.6. The van der Waals surface area contributed by atoms with Gasteiger partial charge in [0.2, 0.25) is 11.1 Å². The summed E-state index contributed by atoms with van der Waals surface area (Å²) in [4.78, 5) is 18.0. The number of carbonyl (C=O) groups excluding carboxylic acids is 1. The Morgan fingerprint density at radius 3 is 2.71 bits per heavy atom. The van der Waals surface area contributed by atoms with Gasteiger partial charge in [0.25, 0.3) is 5.91 Å². The van der Waals surface area contributed by atoms with Crippen LogP contribution in [0.25, 0.3) is 0 Å². The van der Waals surface area contributed by atoms with Crippen molar-refractivity contribution in [2.24, 2.45) is 0 Å². The standard InChI is InChI=1S/C22H22FN5O2S/c1-4-31-22-26-21-24-13(2)18(20(29)25-16-7-5-6-8-17(16)30-3)19(28(21)27-22)14-9-11-15(23)12-10-14/h5-12,19H,4H2,1-3H3,(H,25,29)(H,24,26,27)/t19-/m0/s1. The van der Waals surface area contributed by atoms with E-state index in [0.717, 1.165) is 11.3 Å². The molecule has 2 heterocycles. The Balaban J connectivity index is 1.78. The van der Waals surface area contributed by atoms with E-state index in [-0.39, 0.29) is 11.7 Å². The van der Waals surface area contributed by atoms with Crippen LogP contribution in [-0.4, -0.2) is 33.5 Å². The molecule has 1 aliphatic rings. The van der Waals surface area contributed by atoms with Crippen LogP contribution >= 0.6 is 11.8 Å². The topological polar surface area (TPSA) is 81.1 Å². The molecule has 0 bridgehead atoms. The summed E-state index contributed by atoms with van der Waals surface area (Å²) in [5, 5.41) is 11.3. The smallest absolute Gasteiger partial charge is 0.255 e. The number of ether oxygens (including phenoxy) is 1. The molecule has 4 rings (SSSR count). The first-order valence-corrected chi connectivity index (χ1v) is 10.8. The number of anilines is 2. The van der Waals surface area contributed by atoms with Crippen LogP contribution in [0.2, 0.25) is 0 Å². The minimum Gasteiger partial charge on any atom is -0.495 e. The van der Waals surface area contributed by atoms with Crippen LogP contribution < -0.4 is 15.4 Å². The van der Waals surface area contributed by atoms with Gasteiger partial charge in [0, 0.05) is 5.70 Å². The molecule has 0 saturated carbocycles. The lowest BCUT2D eigenvalue weighted by molar-refractivity contribution is -0.113. The van der Waals surface area contributed by atoms with E-state index in [1.54, 1.807) is 36.1 Å². The fourth-order valence-electron chi connectivity index (χ4n) is 3.51. The van der Waals surface area contributed by atoms with E-state index in [1.807, 2.05) is 26.0 Å². The summed E-state index contributed by atoms with van der Waals surface area (Å²) in [7, 11) is 1.55. The number of hydrogen-bond acceptors (Lipinski definition) is 6. The molecule has 31 heavy (non-hydrogen) atoms. The number of thioether (sulfide) groups is 1. The van der Waals surface area contributed by atoms with Crippen molar-refractivity contribution in [1.29, 1.82) is 0 Å². The van der Waals surface area contributed by atoms with Crippen molar-refractivity contribution in [3.8, 4) is 5.75 Å². The Morgan fingerprint density at radius 1 is 1.26 bits per heavy atom. The molecule has 0 aliphatic carbocycles. The van der Waals surface area contributed by atoms with E-state index < -0.39 is 6.04 Å². The molecule has 1 amide bonds. The van der Waals surface area contributed by atoms with Crippen molar-refractivity contribution >= 4 is 29.3 Å². The van der Waals surface area contributed by atoms with Crippen molar-refractivity contribution < 1.29 is 13.9 Å². The fraction of sp³-hybridized carbons (Fsp3) is 0.227. The first kappa shape index (κ1) is 20.9. The predicted octanol–water partition coefficient (Wildman–Crippen LogP) is 4.47. The largest absolute Gasteiger partial charge is 0.495 e. The lowest BCUT2D eigenvalue weighted by Gasteiger charge is -2.28. The number of carbonyl (C=O) groups is 1. The van der Waals surface area contributed by atoms with Gasteiger partial charge in [0.1, 0.15) is 17.6 Å². The highest BCUT2D eigenvalue weighted by Crippen LogP contribution is 2.37. The fourth-order valence-corrected chi connectivity index (χ4v) is 4.06. The van der Waals surface area contributed by atoms with Crippen LogP contribution in [0.5, 0.6) is 5.75 Å². The van der Waals surface area contributed by atoms with Crippen LogP contribution in [0.3, 0.4) is 0 Å². The number of benzene rings is 2. The lowest BCUT2D eigenvalue weighted by atomic mass is 9.95. The maximum absolute atomic E-state index is 13.6. The van der Waals surface area contributed by atoms with Crippen LogP contribution in [-0.2, 0) is 4.79 Å². The number of nitrogens with zero attached hydrogens (tertiary/aromatic N) is 3. The molecule has 9 heteroatoms. The zero-order chi connectivity index (χ0) is 22.0. The molecule has 0 unspecified atom stereocenters. The Labute approximate surface area is 183 Å². The summed E-state index contributed by atoms with van der Waals surface area (Å²) in [6.45, 7) is 3.84. The second-order valence-electron chi connectivity index (χ2n) is 6.87. The molecule has 160 valence electrons. The van der Waals surface area contributed by atoms with Gasteiger partial charge in [-0.15, -0.1) is 5.10 Å². The van der Waals surface area contributed by atoms with Crippen molar-refractivity contribution in [3.63, 3.8) is 0 Å². The molecule has 3 aromatic rings. The molecule has 1 aliphatic heterocycles. The van der Waals surface area contributed by atoms with Crippen LogP contribution in [0, 0.1) is 5.82 Å². The Kier molecular flexibility index (Phi) is 5.94. The maximum atomic E-state index is 13.6. The average Bonchev–Trinajstić information content (AvgIpc) is 3.16. The van der Waals surface area contributed by atoms with Gasteiger partial charge in [-0.05, 0) is 42.5 Å². The lowest BCUT2D eigenvalue weighted by Crippen LogP contribution is -2.31. The number of methoxy groups -OCH3 is 1. The first-order chi connectivity index (χ1) is 15.0. The summed E-state index contributed by atoms with van der Waals surface area (Å²) in [6.07, 6.45) is 0. The molecular formula is C22H22FN5O2S. The summed E-state index contributed by atoms with van der Waals surface area (Å²) in [5.74, 6) is 1.25. The van der Waals surface area contributed by atoms with E-state index in [0.29, 0.717) is 33.8 Å². The van der Waals surface area contributed by atoms with Gasteiger partial charge in [-0.25, -0.2) is 9.07 Å². The van der Waals surface area contributed by atoms with Crippen LogP contribution in [0.15, 0.2) is 65.0 Å². The number of para-hydroxylation sites is 2. The number of rotatable bonds is 6. The van der Waals surface area contributed by atoms with E-state index >= 15 is 0 Å². The number of fused-ring (bicyclic) bond motifs is 1. The van der Waals surface area contributed by atoms with Crippen LogP contribution in [0.1, 0.15) is 25.5 Å². The third-order valence-electron chi connectivity index (χ3n) is 4.89. The second kappa shape index (κ2) is 8.81. The normalized spacial score (nSPS) is 15.3. The molecule has 0 spiro atoms. The Bertz CT molecular complexity index is 1140. The van der Waals surface area contributed by atoms with Crippen LogP contribution in [0.4, 0.5) is 16.0 Å². The van der Waals surface area contributed by atoms with Gasteiger partial charge in [-0.1, -0.05) is 43.0 Å². The van der Waals surface area contributed by atoms with E-state index in [4.69, 9.17) is 4.74 Å². The van der Waals surface area contributed by atoms with Gasteiger partial charge in [-0.2, -0.15) is 4.98 Å². The van der Waals surface area contributed by atoms with Gasteiger partial charge < -0.3 is 15.4 Å².